The van der Waals surface area contributed by atoms with E-state index >= 15 is 0 Å². The van der Waals surface area contributed by atoms with Crippen LogP contribution in [0.1, 0.15) is 12.5 Å². The first-order chi connectivity index (χ1) is 8.63. The van der Waals surface area contributed by atoms with Gasteiger partial charge in [0.05, 0.1) is 6.54 Å². The zero-order valence-electron chi connectivity index (χ0n) is 10.1. The highest BCUT2D eigenvalue weighted by Gasteiger charge is 2.04. The molecule has 0 aliphatic carbocycles. The summed E-state index contributed by atoms with van der Waals surface area (Å²) in [5.41, 5.74) is 1.08. The van der Waals surface area contributed by atoms with Crippen LogP contribution in [-0.4, -0.2) is 15.8 Å². The molecule has 0 spiro atoms. The zero-order chi connectivity index (χ0) is 13.0. The second kappa shape index (κ2) is 6.23. The Hall–Kier alpha value is -1.03. The van der Waals surface area contributed by atoms with E-state index in [-0.39, 0.29) is 0 Å². The highest BCUT2D eigenvalue weighted by atomic mass is 35.5. The maximum absolute atomic E-state index is 5.95. The molecule has 0 radical (unpaired) electrons. The topological polar surface area (TPSA) is 29.9 Å². The highest BCUT2D eigenvalue weighted by Crippen LogP contribution is 2.18. The van der Waals surface area contributed by atoms with E-state index in [9.17, 15) is 0 Å². The Morgan fingerprint density at radius 3 is 2.61 bits per heavy atom. The summed E-state index contributed by atoms with van der Waals surface area (Å²) in [7, 11) is 0. The lowest BCUT2D eigenvalue weighted by molar-refractivity contribution is 0.451. The first-order valence-electron chi connectivity index (χ1n) is 5.79. The summed E-state index contributed by atoms with van der Waals surface area (Å²) < 4.78 is 1.91. The normalized spacial score (nSPS) is 12.6. The van der Waals surface area contributed by atoms with Crippen molar-refractivity contribution in [1.82, 2.24) is 15.1 Å². The molecule has 1 atom stereocenters. The molecule has 0 fully saturated rings. The summed E-state index contributed by atoms with van der Waals surface area (Å²) >= 11 is 11.9. The van der Waals surface area contributed by atoms with E-state index < -0.39 is 0 Å². The van der Waals surface area contributed by atoms with E-state index in [1.54, 1.807) is 12.3 Å². The molecule has 2 aromatic rings. The number of nitrogens with one attached hydrogen (secondary N) is 1. The van der Waals surface area contributed by atoms with Gasteiger partial charge < -0.3 is 5.32 Å². The molecule has 1 heterocycles. The molecule has 1 aromatic heterocycles. The lowest BCUT2D eigenvalue weighted by atomic mass is 10.2. The fourth-order valence-electron chi connectivity index (χ4n) is 1.76. The molecule has 96 valence electrons. The molecule has 0 aliphatic heterocycles. The van der Waals surface area contributed by atoms with Gasteiger partial charge in [-0.25, -0.2) is 0 Å². The standard InChI is InChI=1S/C13H15Cl2N3/c1-10(9-18-4-2-3-17-18)16-8-11-5-12(14)7-13(15)6-11/h2-7,10,16H,8-9H2,1H3. The van der Waals surface area contributed by atoms with Gasteiger partial charge in [0.2, 0.25) is 0 Å². The lowest BCUT2D eigenvalue weighted by Crippen LogP contribution is -2.30. The molecule has 3 nitrogen and oxygen atoms in total. The summed E-state index contributed by atoms with van der Waals surface area (Å²) in [4.78, 5) is 0. The molecule has 2 rings (SSSR count). The van der Waals surface area contributed by atoms with Crippen molar-refractivity contribution in [1.29, 1.82) is 0 Å². The number of rotatable bonds is 5. The van der Waals surface area contributed by atoms with Gasteiger partial charge in [0.1, 0.15) is 0 Å². The van der Waals surface area contributed by atoms with E-state index in [2.05, 4.69) is 17.3 Å². The first-order valence-corrected chi connectivity index (χ1v) is 6.55. The fraction of sp³-hybridized carbons (Fsp3) is 0.308. The number of halogens is 2. The van der Waals surface area contributed by atoms with Crippen molar-refractivity contribution in [2.75, 3.05) is 0 Å². The van der Waals surface area contributed by atoms with Crippen molar-refractivity contribution in [3.05, 3.63) is 52.3 Å². The molecule has 5 heteroatoms. The summed E-state index contributed by atoms with van der Waals surface area (Å²) in [6.07, 6.45) is 3.73. The van der Waals surface area contributed by atoms with Crippen molar-refractivity contribution < 1.29 is 0 Å². The Balaban J connectivity index is 1.87. The van der Waals surface area contributed by atoms with E-state index in [1.807, 2.05) is 29.1 Å². The second-order valence-electron chi connectivity index (χ2n) is 4.29. The third kappa shape index (κ3) is 4.02. The highest BCUT2D eigenvalue weighted by molar-refractivity contribution is 6.34. The number of hydrogen-bond donors (Lipinski definition) is 1. The monoisotopic (exact) mass is 283 g/mol. The molecule has 1 aromatic carbocycles. The lowest BCUT2D eigenvalue weighted by Gasteiger charge is -2.14. The van der Waals surface area contributed by atoms with E-state index in [4.69, 9.17) is 23.2 Å². The molecule has 1 unspecified atom stereocenters. The van der Waals surface area contributed by atoms with Gasteiger partial charge in [-0.1, -0.05) is 23.2 Å². The third-order valence-electron chi connectivity index (χ3n) is 2.60. The zero-order valence-corrected chi connectivity index (χ0v) is 11.6. The SMILES string of the molecule is CC(Cn1cccn1)NCc1cc(Cl)cc(Cl)c1. The fourth-order valence-corrected chi connectivity index (χ4v) is 2.33. The predicted molar refractivity (Wildman–Crippen MR) is 75.0 cm³/mol. The van der Waals surface area contributed by atoms with Gasteiger partial charge in [-0.05, 0) is 36.8 Å². The molecular formula is C13H15Cl2N3. The van der Waals surface area contributed by atoms with Crippen LogP contribution in [-0.2, 0) is 13.1 Å². The quantitative estimate of drug-likeness (QED) is 0.912. The Bertz CT molecular complexity index is 477. The van der Waals surface area contributed by atoms with Crippen LogP contribution in [0.3, 0.4) is 0 Å². The van der Waals surface area contributed by atoms with Gasteiger partial charge in [0.25, 0.3) is 0 Å². The second-order valence-corrected chi connectivity index (χ2v) is 5.16. The third-order valence-corrected chi connectivity index (χ3v) is 3.03. The number of nitrogens with zero attached hydrogens (tertiary/aromatic N) is 2. The summed E-state index contributed by atoms with van der Waals surface area (Å²) in [5, 5.41) is 8.92. The van der Waals surface area contributed by atoms with E-state index in [0.717, 1.165) is 18.7 Å². The maximum atomic E-state index is 5.95. The van der Waals surface area contributed by atoms with Gasteiger partial charge in [0, 0.05) is 35.0 Å². The van der Waals surface area contributed by atoms with Crippen LogP contribution in [0.4, 0.5) is 0 Å². The van der Waals surface area contributed by atoms with Gasteiger partial charge in [-0.15, -0.1) is 0 Å². The van der Waals surface area contributed by atoms with Crippen LogP contribution in [0.15, 0.2) is 36.7 Å². The summed E-state index contributed by atoms with van der Waals surface area (Å²) in [6, 6.07) is 7.81. The Morgan fingerprint density at radius 1 is 1.28 bits per heavy atom. The number of aromatic nitrogens is 2. The van der Waals surface area contributed by atoms with E-state index in [0.29, 0.717) is 16.1 Å². The molecule has 0 saturated heterocycles. The van der Waals surface area contributed by atoms with Crippen LogP contribution in [0.5, 0.6) is 0 Å². The minimum absolute atomic E-state index is 0.322. The largest absolute Gasteiger partial charge is 0.308 e. The van der Waals surface area contributed by atoms with Crippen LogP contribution < -0.4 is 5.32 Å². The molecule has 1 N–H and O–H groups in total. The van der Waals surface area contributed by atoms with Crippen molar-refractivity contribution in [2.24, 2.45) is 0 Å². The van der Waals surface area contributed by atoms with Crippen molar-refractivity contribution in [2.45, 2.75) is 26.1 Å². The summed E-state index contributed by atoms with van der Waals surface area (Å²) in [5.74, 6) is 0. The number of hydrogen-bond acceptors (Lipinski definition) is 2. The Labute approximate surface area is 117 Å². The van der Waals surface area contributed by atoms with Gasteiger partial charge in [-0.3, -0.25) is 4.68 Å². The molecule has 18 heavy (non-hydrogen) atoms. The molecule has 0 saturated carbocycles. The molecular weight excluding hydrogens is 269 g/mol. The number of benzene rings is 1. The summed E-state index contributed by atoms with van der Waals surface area (Å²) in [6.45, 7) is 3.69. The van der Waals surface area contributed by atoms with Gasteiger partial charge >= 0.3 is 0 Å². The molecule has 0 bridgehead atoms. The molecule has 0 amide bonds. The smallest absolute Gasteiger partial charge is 0.0560 e. The van der Waals surface area contributed by atoms with Crippen LogP contribution in [0.2, 0.25) is 10.0 Å². The Kier molecular flexibility index (Phi) is 4.64. The van der Waals surface area contributed by atoms with Crippen LogP contribution in [0.25, 0.3) is 0 Å². The predicted octanol–water partition coefficient (Wildman–Crippen LogP) is 3.37. The van der Waals surface area contributed by atoms with Crippen molar-refractivity contribution in [3.63, 3.8) is 0 Å². The first kappa shape index (κ1) is 13.4. The Morgan fingerprint density at radius 2 is 2.00 bits per heavy atom. The molecule has 0 aliphatic rings. The maximum Gasteiger partial charge on any atom is 0.0560 e. The van der Waals surface area contributed by atoms with Crippen LogP contribution >= 0.6 is 23.2 Å². The average molecular weight is 284 g/mol. The average Bonchev–Trinajstić information content (AvgIpc) is 2.78. The minimum Gasteiger partial charge on any atom is -0.308 e. The van der Waals surface area contributed by atoms with Gasteiger partial charge in [0.15, 0.2) is 0 Å². The van der Waals surface area contributed by atoms with E-state index in [1.165, 1.54) is 0 Å². The van der Waals surface area contributed by atoms with Gasteiger partial charge in [-0.2, -0.15) is 5.10 Å². The minimum atomic E-state index is 0.322. The van der Waals surface area contributed by atoms with Crippen molar-refractivity contribution in [3.8, 4) is 0 Å². The van der Waals surface area contributed by atoms with Crippen molar-refractivity contribution >= 4 is 23.2 Å². The van der Waals surface area contributed by atoms with Crippen LogP contribution in [0, 0.1) is 0 Å².